The first-order valence-corrected chi connectivity index (χ1v) is 5.76. The molecule has 0 saturated heterocycles. The summed E-state index contributed by atoms with van der Waals surface area (Å²) >= 11 is 11.3. The van der Waals surface area contributed by atoms with Crippen LogP contribution in [0.4, 0.5) is 0 Å². The number of rotatable bonds is 4. The van der Waals surface area contributed by atoms with E-state index in [4.69, 9.17) is 23.2 Å². The summed E-state index contributed by atoms with van der Waals surface area (Å²) in [5.41, 5.74) is 0. The maximum atomic E-state index is 5.65. The third kappa shape index (κ3) is 4.57. The third-order valence-electron chi connectivity index (χ3n) is 2.56. The zero-order valence-electron chi connectivity index (χ0n) is 7.44. The van der Waals surface area contributed by atoms with E-state index >= 15 is 0 Å². The van der Waals surface area contributed by atoms with Crippen LogP contribution >= 0.6 is 23.2 Å². The molecule has 0 amide bonds. The van der Waals surface area contributed by atoms with E-state index in [0.29, 0.717) is 0 Å². The molecule has 12 heavy (non-hydrogen) atoms. The summed E-state index contributed by atoms with van der Waals surface area (Å²) in [7, 11) is 0. The minimum atomic E-state index is -0.155. The van der Waals surface area contributed by atoms with Gasteiger partial charge in [-0.2, -0.15) is 0 Å². The first kappa shape index (κ1) is 10.7. The van der Waals surface area contributed by atoms with Crippen LogP contribution in [0.25, 0.3) is 0 Å². The van der Waals surface area contributed by atoms with E-state index in [-0.39, 0.29) is 4.84 Å². The predicted octanol–water partition coefficient (Wildman–Crippen LogP) is 4.35. The highest BCUT2D eigenvalue weighted by atomic mass is 35.5. The topological polar surface area (TPSA) is 0 Å². The maximum Gasteiger partial charge on any atom is 0.107 e. The van der Waals surface area contributed by atoms with E-state index in [2.05, 4.69) is 6.42 Å². The molecule has 2 heteroatoms. The van der Waals surface area contributed by atoms with Crippen LogP contribution in [0.1, 0.15) is 44.9 Å². The van der Waals surface area contributed by atoms with Gasteiger partial charge < -0.3 is 0 Å². The van der Waals surface area contributed by atoms with Crippen molar-refractivity contribution in [3.8, 4) is 0 Å². The first-order chi connectivity index (χ1) is 5.79. The first-order valence-electron chi connectivity index (χ1n) is 4.89. The summed E-state index contributed by atoms with van der Waals surface area (Å²) in [6.45, 7) is 0. The van der Waals surface area contributed by atoms with Crippen molar-refractivity contribution in [2.75, 3.05) is 0 Å². The predicted molar refractivity (Wildman–Crippen MR) is 55.6 cm³/mol. The van der Waals surface area contributed by atoms with Crippen LogP contribution in [0.2, 0.25) is 0 Å². The van der Waals surface area contributed by atoms with Gasteiger partial charge in [-0.15, -0.1) is 23.2 Å². The average molecular weight is 208 g/mol. The van der Waals surface area contributed by atoms with Crippen LogP contribution in [0.5, 0.6) is 0 Å². The lowest BCUT2D eigenvalue weighted by Crippen LogP contribution is -2.06. The molecule has 0 aliphatic heterocycles. The number of hydrogen-bond donors (Lipinski definition) is 0. The molecule has 71 valence electrons. The summed E-state index contributed by atoms with van der Waals surface area (Å²) in [5, 5.41) is 0. The molecule has 1 saturated carbocycles. The van der Waals surface area contributed by atoms with Gasteiger partial charge in [-0.05, 0) is 25.2 Å². The van der Waals surface area contributed by atoms with E-state index in [1.807, 2.05) is 0 Å². The number of halogens is 2. The van der Waals surface area contributed by atoms with Crippen molar-refractivity contribution in [3.05, 3.63) is 6.42 Å². The van der Waals surface area contributed by atoms with Gasteiger partial charge >= 0.3 is 0 Å². The van der Waals surface area contributed by atoms with Crippen molar-refractivity contribution >= 4 is 23.2 Å². The van der Waals surface area contributed by atoms with E-state index in [1.54, 1.807) is 0 Å². The van der Waals surface area contributed by atoms with Crippen molar-refractivity contribution in [2.45, 2.75) is 49.8 Å². The van der Waals surface area contributed by atoms with Gasteiger partial charge in [-0.1, -0.05) is 32.1 Å². The lowest BCUT2D eigenvalue weighted by Gasteiger charge is -2.20. The third-order valence-corrected chi connectivity index (χ3v) is 2.99. The van der Waals surface area contributed by atoms with Crippen LogP contribution in [-0.2, 0) is 0 Å². The van der Waals surface area contributed by atoms with Gasteiger partial charge in [0.1, 0.15) is 4.84 Å². The Kier molecular flexibility index (Phi) is 5.42. The molecule has 0 nitrogen and oxygen atoms in total. The molecule has 0 aromatic rings. The minimum Gasteiger partial charge on any atom is -0.105 e. The van der Waals surface area contributed by atoms with Gasteiger partial charge in [0.15, 0.2) is 0 Å². The highest BCUT2D eigenvalue weighted by molar-refractivity contribution is 6.44. The molecular weight excluding hydrogens is 191 g/mol. The molecule has 0 bridgehead atoms. The molecule has 0 aromatic heterocycles. The van der Waals surface area contributed by atoms with Gasteiger partial charge in [-0.3, -0.25) is 0 Å². The summed E-state index contributed by atoms with van der Waals surface area (Å²) in [4.78, 5) is -0.155. The lowest BCUT2D eigenvalue weighted by molar-refractivity contribution is 0.377. The molecule has 1 fully saturated rings. The Bertz CT molecular complexity index is 106. The van der Waals surface area contributed by atoms with E-state index in [1.165, 1.54) is 38.5 Å². The van der Waals surface area contributed by atoms with E-state index in [0.717, 1.165) is 12.3 Å². The Hall–Kier alpha value is 0.580. The molecule has 1 aliphatic rings. The Balaban J connectivity index is 1.98. The smallest absolute Gasteiger partial charge is 0.105 e. The molecule has 0 N–H and O–H groups in total. The second-order valence-electron chi connectivity index (χ2n) is 3.64. The van der Waals surface area contributed by atoms with Gasteiger partial charge in [0.2, 0.25) is 0 Å². The highest BCUT2D eigenvalue weighted by Crippen LogP contribution is 2.27. The van der Waals surface area contributed by atoms with Gasteiger partial charge in [-0.25, -0.2) is 0 Å². The van der Waals surface area contributed by atoms with Crippen molar-refractivity contribution in [1.82, 2.24) is 0 Å². The van der Waals surface area contributed by atoms with Gasteiger partial charge in [0.25, 0.3) is 0 Å². The normalized spacial score (nSPS) is 20.2. The summed E-state index contributed by atoms with van der Waals surface area (Å²) in [5.74, 6) is 0.922. The standard InChI is InChI=1S/C10H17Cl2/c11-10(12)8-4-7-9-5-2-1-3-6-9/h2,9-10H,1,3-8H2. The van der Waals surface area contributed by atoms with Crippen molar-refractivity contribution < 1.29 is 0 Å². The van der Waals surface area contributed by atoms with Crippen LogP contribution in [0.3, 0.4) is 0 Å². The van der Waals surface area contributed by atoms with Crippen LogP contribution < -0.4 is 0 Å². The second kappa shape index (κ2) is 6.10. The van der Waals surface area contributed by atoms with Crippen molar-refractivity contribution in [1.29, 1.82) is 0 Å². The molecule has 1 rings (SSSR count). The fourth-order valence-electron chi connectivity index (χ4n) is 1.85. The van der Waals surface area contributed by atoms with Crippen LogP contribution in [-0.4, -0.2) is 4.84 Å². The fraction of sp³-hybridized carbons (Fsp3) is 0.900. The molecule has 0 heterocycles. The Morgan fingerprint density at radius 3 is 2.83 bits per heavy atom. The number of hydrogen-bond acceptors (Lipinski definition) is 0. The highest BCUT2D eigenvalue weighted by Gasteiger charge is 2.13. The molecule has 1 atom stereocenters. The monoisotopic (exact) mass is 207 g/mol. The quantitative estimate of drug-likeness (QED) is 0.602. The van der Waals surface area contributed by atoms with Crippen molar-refractivity contribution in [2.24, 2.45) is 5.92 Å². The largest absolute Gasteiger partial charge is 0.107 e. The van der Waals surface area contributed by atoms with E-state index < -0.39 is 0 Å². The summed E-state index contributed by atoms with van der Waals surface area (Å²) in [6.07, 6.45) is 11.3. The summed E-state index contributed by atoms with van der Waals surface area (Å²) in [6, 6.07) is 0. The molecule has 1 radical (unpaired) electrons. The molecule has 0 spiro atoms. The molecule has 1 aliphatic carbocycles. The molecule has 0 aromatic carbocycles. The summed E-state index contributed by atoms with van der Waals surface area (Å²) < 4.78 is 0. The zero-order valence-corrected chi connectivity index (χ0v) is 8.95. The minimum absolute atomic E-state index is 0.155. The van der Waals surface area contributed by atoms with Crippen LogP contribution in [0, 0.1) is 12.3 Å². The Morgan fingerprint density at radius 1 is 1.42 bits per heavy atom. The van der Waals surface area contributed by atoms with Crippen LogP contribution in [0.15, 0.2) is 0 Å². The lowest BCUT2D eigenvalue weighted by atomic mass is 9.86. The Labute approximate surface area is 85.6 Å². The van der Waals surface area contributed by atoms with Gasteiger partial charge in [0, 0.05) is 0 Å². The fourth-order valence-corrected chi connectivity index (χ4v) is 2.15. The average Bonchev–Trinajstić information content (AvgIpc) is 2.05. The SMILES string of the molecule is ClC(Cl)CCCC1C[CH]CCC1. The van der Waals surface area contributed by atoms with Gasteiger partial charge in [0.05, 0.1) is 0 Å². The zero-order chi connectivity index (χ0) is 8.81. The van der Waals surface area contributed by atoms with Crippen molar-refractivity contribution in [3.63, 3.8) is 0 Å². The second-order valence-corrected chi connectivity index (χ2v) is 4.92. The maximum absolute atomic E-state index is 5.65. The van der Waals surface area contributed by atoms with E-state index in [9.17, 15) is 0 Å². The number of alkyl halides is 2. The molecular formula is C10H17Cl2. The Morgan fingerprint density at radius 2 is 2.25 bits per heavy atom. The molecule has 1 unspecified atom stereocenters.